The molecule has 0 aliphatic heterocycles. The van der Waals surface area contributed by atoms with Crippen molar-refractivity contribution < 1.29 is 24.5 Å². The molecule has 0 saturated carbocycles. The van der Waals surface area contributed by atoms with Gasteiger partial charge in [0.2, 0.25) is 6.10 Å². The van der Waals surface area contributed by atoms with Gasteiger partial charge >= 0.3 is 11.9 Å². The Balaban J connectivity index is 3.09. The fourth-order valence-corrected chi connectivity index (χ4v) is 1.77. The van der Waals surface area contributed by atoms with Crippen LogP contribution in [0.15, 0.2) is 23.8 Å². The maximum atomic E-state index is 11.1. The summed E-state index contributed by atoms with van der Waals surface area (Å²) in [6.07, 6.45) is -0.565. The van der Waals surface area contributed by atoms with Crippen LogP contribution in [0.25, 0.3) is 0 Å². The Labute approximate surface area is 129 Å². The van der Waals surface area contributed by atoms with Gasteiger partial charge in [0.15, 0.2) is 0 Å². The van der Waals surface area contributed by atoms with Crippen LogP contribution in [0.4, 0.5) is 0 Å². The van der Waals surface area contributed by atoms with E-state index in [-0.39, 0.29) is 26.4 Å². The minimum Gasteiger partial charge on any atom is -0.478 e. The van der Waals surface area contributed by atoms with Crippen LogP contribution in [0.2, 0.25) is 15.1 Å². The number of carboxylic acid groups (broad SMARTS) is 2. The summed E-state index contributed by atoms with van der Waals surface area (Å²) in [4.78, 5) is 21.8. The smallest absolute Gasteiger partial charge is 0.349 e. The lowest BCUT2D eigenvalue weighted by Crippen LogP contribution is -2.25. The summed E-state index contributed by atoms with van der Waals surface area (Å²) in [6.45, 7) is 1.25. The Morgan fingerprint density at radius 1 is 1.15 bits per heavy atom. The molecule has 1 aromatic rings. The van der Waals surface area contributed by atoms with Crippen molar-refractivity contribution in [3.63, 3.8) is 0 Å². The van der Waals surface area contributed by atoms with Crippen LogP contribution in [-0.4, -0.2) is 28.3 Å². The number of ether oxygens (including phenoxy) is 1. The summed E-state index contributed by atoms with van der Waals surface area (Å²) in [6, 6.07) is 2.56. The van der Waals surface area contributed by atoms with Gasteiger partial charge in [-0.05, 0) is 19.1 Å². The number of benzene rings is 1. The Kier molecular flexibility index (Phi) is 5.68. The van der Waals surface area contributed by atoms with E-state index in [1.54, 1.807) is 0 Å². The second kappa shape index (κ2) is 6.83. The lowest BCUT2D eigenvalue weighted by Gasteiger charge is -2.14. The molecule has 0 bridgehead atoms. The van der Waals surface area contributed by atoms with Gasteiger partial charge in [-0.25, -0.2) is 9.59 Å². The fraction of sp³-hybridized carbons (Fsp3) is 0.167. The number of carbonyl (C=O) groups is 2. The highest BCUT2D eigenvalue weighted by atomic mass is 35.5. The highest BCUT2D eigenvalue weighted by molar-refractivity contribution is 6.43. The first kappa shape index (κ1) is 16.6. The molecular formula is C12H9Cl3O5. The number of aliphatic carboxylic acids is 2. The molecule has 2 N–H and O–H groups in total. The molecule has 1 aromatic carbocycles. The van der Waals surface area contributed by atoms with Crippen molar-refractivity contribution in [2.45, 2.75) is 13.0 Å². The van der Waals surface area contributed by atoms with Crippen molar-refractivity contribution in [1.82, 2.24) is 0 Å². The van der Waals surface area contributed by atoms with Crippen molar-refractivity contribution in [2.75, 3.05) is 0 Å². The molecule has 0 saturated heterocycles. The molecule has 1 atom stereocenters. The van der Waals surface area contributed by atoms with Crippen LogP contribution in [0.3, 0.4) is 0 Å². The van der Waals surface area contributed by atoms with Crippen LogP contribution in [-0.2, 0) is 9.59 Å². The summed E-state index contributed by atoms with van der Waals surface area (Å²) < 4.78 is 5.15. The second-order valence-electron chi connectivity index (χ2n) is 3.73. The molecule has 108 valence electrons. The third-order valence-corrected chi connectivity index (χ3v) is 3.23. The number of hydrogen-bond acceptors (Lipinski definition) is 3. The van der Waals surface area contributed by atoms with Crippen molar-refractivity contribution in [1.29, 1.82) is 0 Å². The van der Waals surface area contributed by atoms with E-state index in [4.69, 9.17) is 49.8 Å². The molecule has 0 aliphatic carbocycles. The van der Waals surface area contributed by atoms with Crippen molar-refractivity contribution in [3.8, 4) is 5.75 Å². The molecule has 5 nitrogen and oxygen atoms in total. The van der Waals surface area contributed by atoms with Crippen molar-refractivity contribution >= 4 is 46.7 Å². The summed E-state index contributed by atoms with van der Waals surface area (Å²) in [7, 11) is 0. The first-order valence-electron chi connectivity index (χ1n) is 5.18. The maximum Gasteiger partial charge on any atom is 0.349 e. The standard InChI is InChI=1S/C12H9Cl3O5/c1-5(11(16)17)2-10(12(18)19)20-9-4-7(14)6(13)3-8(9)15/h2-4,10H,1H3,(H,16,17)(H,18,19). The van der Waals surface area contributed by atoms with Gasteiger partial charge in [-0.1, -0.05) is 34.8 Å². The molecule has 0 aromatic heterocycles. The normalized spacial score (nSPS) is 12.9. The summed E-state index contributed by atoms with van der Waals surface area (Å²) in [5.41, 5.74) is -0.173. The predicted octanol–water partition coefficient (Wildman–Crippen LogP) is 3.51. The van der Waals surface area contributed by atoms with E-state index >= 15 is 0 Å². The summed E-state index contributed by atoms with van der Waals surface area (Å²) in [5, 5.41) is 18.1. The summed E-state index contributed by atoms with van der Waals surface area (Å²) in [5.74, 6) is -2.63. The number of halogens is 3. The number of rotatable bonds is 5. The van der Waals surface area contributed by atoms with E-state index in [2.05, 4.69) is 0 Å². The minimum absolute atomic E-state index is 0.0112. The zero-order valence-electron chi connectivity index (χ0n) is 10.1. The molecule has 1 rings (SSSR count). The second-order valence-corrected chi connectivity index (χ2v) is 4.95. The van der Waals surface area contributed by atoms with Crippen LogP contribution < -0.4 is 4.74 Å². The average molecular weight is 340 g/mol. The van der Waals surface area contributed by atoms with Gasteiger partial charge in [-0.15, -0.1) is 0 Å². The number of carboxylic acids is 2. The van der Waals surface area contributed by atoms with E-state index in [0.717, 1.165) is 6.08 Å². The van der Waals surface area contributed by atoms with Gasteiger partial charge in [0.05, 0.1) is 15.1 Å². The Morgan fingerprint density at radius 2 is 1.70 bits per heavy atom. The minimum atomic E-state index is -1.51. The third kappa shape index (κ3) is 4.30. The van der Waals surface area contributed by atoms with Crippen LogP contribution >= 0.6 is 34.8 Å². The predicted molar refractivity (Wildman–Crippen MR) is 74.9 cm³/mol. The van der Waals surface area contributed by atoms with E-state index in [1.807, 2.05) is 0 Å². The van der Waals surface area contributed by atoms with E-state index in [9.17, 15) is 9.59 Å². The van der Waals surface area contributed by atoms with Gasteiger partial charge < -0.3 is 14.9 Å². The molecule has 0 spiro atoms. The molecule has 0 aliphatic rings. The lowest BCUT2D eigenvalue weighted by molar-refractivity contribution is -0.142. The molecular weight excluding hydrogens is 330 g/mol. The van der Waals surface area contributed by atoms with Gasteiger partial charge in [0.25, 0.3) is 0 Å². The zero-order chi connectivity index (χ0) is 15.4. The molecule has 0 radical (unpaired) electrons. The topological polar surface area (TPSA) is 83.8 Å². The molecule has 1 unspecified atom stereocenters. The first-order chi connectivity index (χ1) is 9.22. The summed E-state index contributed by atoms with van der Waals surface area (Å²) >= 11 is 17.4. The molecule has 0 heterocycles. The van der Waals surface area contributed by atoms with Crippen LogP contribution in [0.1, 0.15) is 6.92 Å². The van der Waals surface area contributed by atoms with Gasteiger partial charge in [-0.2, -0.15) is 0 Å². The van der Waals surface area contributed by atoms with Crippen LogP contribution in [0, 0.1) is 0 Å². The zero-order valence-corrected chi connectivity index (χ0v) is 12.3. The first-order valence-corrected chi connectivity index (χ1v) is 6.31. The van der Waals surface area contributed by atoms with E-state index in [0.29, 0.717) is 0 Å². The van der Waals surface area contributed by atoms with Crippen molar-refractivity contribution in [3.05, 3.63) is 38.8 Å². The van der Waals surface area contributed by atoms with E-state index in [1.165, 1.54) is 19.1 Å². The van der Waals surface area contributed by atoms with Gasteiger partial charge in [0.1, 0.15) is 5.75 Å². The molecule has 20 heavy (non-hydrogen) atoms. The highest BCUT2D eigenvalue weighted by Crippen LogP contribution is 2.34. The lowest BCUT2D eigenvalue weighted by atomic mass is 10.2. The SMILES string of the molecule is CC(=CC(Oc1cc(Cl)c(Cl)cc1Cl)C(=O)O)C(=O)O. The molecule has 8 heteroatoms. The fourth-order valence-electron chi connectivity index (χ4n) is 1.19. The van der Waals surface area contributed by atoms with E-state index < -0.39 is 18.0 Å². The monoisotopic (exact) mass is 338 g/mol. The third-order valence-electron chi connectivity index (χ3n) is 2.21. The number of hydrogen-bond donors (Lipinski definition) is 2. The molecule has 0 fully saturated rings. The average Bonchev–Trinajstić information content (AvgIpc) is 2.34. The quantitative estimate of drug-likeness (QED) is 0.633. The Morgan fingerprint density at radius 3 is 2.20 bits per heavy atom. The largest absolute Gasteiger partial charge is 0.478 e. The Hall–Kier alpha value is -1.43. The van der Waals surface area contributed by atoms with Crippen molar-refractivity contribution in [2.24, 2.45) is 0 Å². The van der Waals surface area contributed by atoms with Gasteiger partial charge in [-0.3, -0.25) is 0 Å². The molecule has 0 amide bonds. The Bertz CT molecular complexity index is 583. The van der Waals surface area contributed by atoms with Crippen LogP contribution in [0.5, 0.6) is 5.75 Å². The highest BCUT2D eigenvalue weighted by Gasteiger charge is 2.20. The maximum absolute atomic E-state index is 11.1. The van der Waals surface area contributed by atoms with Gasteiger partial charge in [0, 0.05) is 11.6 Å².